The highest BCUT2D eigenvalue weighted by Crippen LogP contribution is 2.77. The van der Waals surface area contributed by atoms with Gasteiger partial charge in [0.2, 0.25) is 0 Å². The SMILES string of the molecule is Oc1ccc(P2(Oc3ccccc3)=NP(Oc3ccccc3)(c3ccc(O)cc3)=NP(c3ccc(O)cc3)(c3ccc(O)cc3)=NP(c3ccc(O)cc3)(c3ccc(O)cc3)=N2)cc1. The Morgan fingerprint density at radius 1 is 0.250 bits per heavy atom. The third-order valence-electron chi connectivity index (χ3n) is 10.2. The van der Waals surface area contributed by atoms with Crippen molar-refractivity contribution in [3.8, 4) is 46.0 Å². The number of phenols is 6. The molecule has 9 rings (SSSR count). The van der Waals surface area contributed by atoms with Crippen molar-refractivity contribution in [3.05, 3.63) is 206 Å². The Hall–Kier alpha value is -6.92. The van der Waals surface area contributed by atoms with Crippen LogP contribution in [0.4, 0.5) is 0 Å². The van der Waals surface area contributed by atoms with Gasteiger partial charge in [0, 0.05) is 21.2 Å². The summed E-state index contributed by atoms with van der Waals surface area (Å²) < 4.78 is 38.9. The van der Waals surface area contributed by atoms with Crippen LogP contribution in [0.15, 0.2) is 224 Å². The van der Waals surface area contributed by atoms with Gasteiger partial charge in [0.05, 0.1) is 10.6 Å². The number of phenolic OH excluding ortho intramolecular Hbond substituents is 6. The first-order valence-corrected chi connectivity index (χ1v) is 26.4. The molecule has 1 aliphatic heterocycles. The highest BCUT2D eigenvalue weighted by molar-refractivity contribution is 7.96. The predicted molar refractivity (Wildman–Crippen MR) is 258 cm³/mol. The number of hydrogen-bond donors (Lipinski definition) is 6. The van der Waals surface area contributed by atoms with Crippen LogP contribution in [0.3, 0.4) is 0 Å². The Bertz CT molecular complexity index is 2890. The van der Waals surface area contributed by atoms with Crippen LogP contribution in [0, 0.1) is 0 Å². The summed E-state index contributed by atoms with van der Waals surface area (Å²) in [5.74, 6) is 0.807. The number of benzene rings is 8. The van der Waals surface area contributed by atoms with E-state index in [1.54, 1.807) is 146 Å². The van der Waals surface area contributed by atoms with Crippen molar-refractivity contribution in [2.75, 3.05) is 0 Å². The fraction of sp³-hybridized carbons (Fsp3) is 0. The molecule has 0 spiro atoms. The van der Waals surface area contributed by atoms with Crippen molar-refractivity contribution in [3.63, 3.8) is 0 Å². The summed E-state index contributed by atoms with van der Waals surface area (Å²) in [7, 11) is -15.7. The van der Waals surface area contributed by atoms with E-state index in [9.17, 15) is 30.6 Å². The van der Waals surface area contributed by atoms with Crippen LogP contribution < -0.4 is 40.9 Å². The molecule has 0 bridgehead atoms. The second-order valence-corrected chi connectivity index (χ2v) is 25.5. The second kappa shape index (κ2) is 17.3. The Balaban J connectivity index is 1.63. The molecular weight excluding hydrogens is 884 g/mol. The monoisotopic (exact) mass is 924 g/mol. The van der Waals surface area contributed by atoms with Gasteiger partial charge in [-0.1, -0.05) is 36.4 Å². The van der Waals surface area contributed by atoms with Crippen LogP contribution in [0.5, 0.6) is 46.0 Å². The molecule has 0 saturated carbocycles. The lowest BCUT2D eigenvalue weighted by atomic mass is 10.3. The third kappa shape index (κ3) is 8.33. The molecule has 16 heteroatoms. The maximum atomic E-state index is 10.8. The summed E-state index contributed by atoms with van der Waals surface area (Å²) in [4.78, 5) is 0. The molecule has 0 aromatic heterocycles. The molecule has 0 fully saturated rings. The fourth-order valence-corrected chi connectivity index (χ4v) is 25.1. The first-order chi connectivity index (χ1) is 31.0. The maximum absolute atomic E-state index is 10.8. The van der Waals surface area contributed by atoms with Crippen LogP contribution in [-0.4, -0.2) is 30.6 Å². The second-order valence-electron chi connectivity index (χ2n) is 14.6. The topological polar surface area (TPSA) is 189 Å². The summed E-state index contributed by atoms with van der Waals surface area (Å²) >= 11 is 0. The molecule has 0 aliphatic carbocycles. The first-order valence-electron chi connectivity index (χ1n) is 19.8. The van der Waals surface area contributed by atoms with E-state index in [1.807, 2.05) is 36.4 Å². The Labute approximate surface area is 369 Å². The zero-order valence-corrected chi connectivity index (χ0v) is 37.3. The largest absolute Gasteiger partial charge is 0.508 e. The van der Waals surface area contributed by atoms with Gasteiger partial charge in [-0.2, -0.15) is 13.5 Å². The van der Waals surface area contributed by atoms with Gasteiger partial charge in [-0.3, -0.25) is 0 Å². The van der Waals surface area contributed by atoms with Crippen LogP contribution in [-0.2, 0) is 0 Å². The van der Waals surface area contributed by atoms with E-state index in [-0.39, 0.29) is 34.5 Å². The highest BCUT2D eigenvalue weighted by Gasteiger charge is 2.44. The Kier molecular flexibility index (Phi) is 11.5. The maximum Gasteiger partial charge on any atom is 0.286 e. The number of para-hydroxylation sites is 2. The number of rotatable bonds is 10. The van der Waals surface area contributed by atoms with Gasteiger partial charge in [-0.25, -0.2) is 4.52 Å². The average Bonchev–Trinajstić information content (AvgIpc) is 3.30. The van der Waals surface area contributed by atoms with Crippen LogP contribution in [0.25, 0.3) is 0 Å². The lowest BCUT2D eigenvalue weighted by Gasteiger charge is -2.37. The molecule has 2 unspecified atom stereocenters. The summed E-state index contributed by atoms with van der Waals surface area (Å²) in [6.07, 6.45) is 0. The zero-order valence-electron chi connectivity index (χ0n) is 33.7. The first kappa shape index (κ1) is 42.4. The predicted octanol–water partition coefficient (Wildman–Crippen LogP) is 10.6. The average molecular weight is 925 g/mol. The minimum atomic E-state index is -4.05. The minimum absolute atomic E-state index is 0.000757. The molecule has 0 amide bonds. The lowest BCUT2D eigenvalue weighted by molar-refractivity contribution is 0.475. The smallest absolute Gasteiger partial charge is 0.286 e. The quantitative estimate of drug-likeness (QED) is 0.0731. The highest BCUT2D eigenvalue weighted by atomic mass is 31.3. The van der Waals surface area contributed by atoms with E-state index in [2.05, 4.69) is 0 Å². The molecule has 1 heterocycles. The normalized spacial score (nSPS) is 18.6. The third-order valence-corrected chi connectivity index (χ3v) is 25.1. The fourth-order valence-electron chi connectivity index (χ4n) is 7.06. The van der Waals surface area contributed by atoms with Crippen molar-refractivity contribution < 1.29 is 39.7 Å². The van der Waals surface area contributed by atoms with Gasteiger partial charge in [0.15, 0.2) is 0 Å². The lowest BCUT2D eigenvalue weighted by Crippen LogP contribution is -2.22. The molecule has 6 N–H and O–H groups in total. The van der Waals surface area contributed by atoms with Crippen molar-refractivity contribution in [1.29, 1.82) is 0 Å². The summed E-state index contributed by atoms with van der Waals surface area (Å²) in [5.41, 5.74) is 0. The number of aromatic hydroxyl groups is 6. The summed E-state index contributed by atoms with van der Waals surface area (Å²) in [6, 6.07) is 57.7. The standard InChI is InChI=1S/C48H40N4O8P4/c53-35-11-23-43(24-12-35)61(44-25-13-36(54)14-26-44)49-62(45-27-15-37(55)16-28-45,46-29-17-38(56)18-30-46)51-64(48-33-21-40(58)22-34-48,60-42-9-5-2-6-10-42)52-63(50-61,47-31-19-39(57)20-32-47)59-41-7-3-1-4-8-41/h1-34,53-58H. The van der Waals surface area contributed by atoms with Gasteiger partial charge in [0.1, 0.15) is 60.4 Å². The van der Waals surface area contributed by atoms with Crippen LogP contribution >= 0.6 is 29.3 Å². The molecule has 2 atom stereocenters. The Morgan fingerprint density at radius 2 is 0.500 bits per heavy atom. The summed E-state index contributed by atoms with van der Waals surface area (Å²) in [6.45, 7) is 0. The summed E-state index contributed by atoms with van der Waals surface area (Å²) in [5, 5.41) is 67.9. The molecule has 8 aromatic carbocycles. The number of nitrogens with zero attached hydrogens (tertiary/aromatic N) is 4. The van der Waals surface area contributed by atoms with Crippen LogP contribution in [0.2, 0.25) is 0 Å². The Morgan fingerprint density at radius 3 is 0.797 bits per heavy atom. The molecule has 8 aromatic rings. The van der Waals surface area contributed by atoms with E-state index >= 15 is 0 Å². The van der Waals surface area contributed by atoms with E-state index < -0.39 is 29.3 Å². The van der Waals surface area contributed by atoms with Crippen molar-refractivity contribution in [1.82, 2.24) is 0 Å². The van der Waals surface area contributed by atoms with Gasteiger partial charge in [0.25, 0.3) is 14.9 Å². The molecule has 320 valence electrons. The van der Waals surface area contributed by atoms with Gasteiger partial charge in [-0.05, 0) is 170 Å². The van der Waals surface area contributed by atoms with Crippen molar-refractivity contribution >= 4 is 61.1 Å². The van der Waals surface area contributed by atoms with Crippen LogP contribution in [0.1, 0.15) is 0 Å². The van der Waals surface area contributed by atoms with E-state index in [0.29, 0.717) is 43.3 Å². The molecule has 0 radical (unpaired) electrons. The van der Waals surface area contributed by atoms with E-state index in [1.165, 1.54) is 24.3 Å². The van der Waals surface area contributed by atoms with E-state index in [4.69, 9.17) is 27.1 Å². The molecular formula is C48H40N4O8P4. The van der Waals surface area contributed by atoms with Gasteiger partial charge in [-0.15, -0.1) is 0 Å². The molecule has 0 saturated heterocycles. The van der Waals surface area contributed by atoms with Crippen molar-refractivity contribution in [2.24, 2.45) is 18.1 Å². The zero-order chi connectivity index (χ0) is 44.4. The van der Waals surface area contributed by atoms with E-state index in [0.717, 1.165) is 0 Å². The molecule has 12 nitrogen and oxygen atoms in total. The van der Waals surface area contributed by atoms with Gasteiger partial charge >= 0.3 is 0 Å². The molecule has 1 aliphatic rings. The minimum Gasteiger partial charge on any atom is -0.508 e. The van der Waals surface area contributed by atoms with Crippen molar-refractivity contribution in [2.45, 2.75) is 0 Å². The number of hydrogen-bond acceptors (Lipinski definition) is 12. The molecule has 64 heavy (non-hydrogen) atoms. The van der Waals surface area contributed by atoms with Gasteiger partial charge < -0.3 is 39.7 Å².